The van der Waals surface area contributed by atoms with Gasteiger partial charge in [0.15, 0.2) is 5.60 Å². The van der Waals surface area contributed by atoms with E-state index in [2.05, 4.69) is 5.32 Å². The molecular weight excluding hydrogens is 384 g/mol. The minimum atomic E-state index is -1.14. The fourth-order valence-corrected chi connectivity index (χ4v) is 3.12. The number of carbonyl (C=O) groups is 3. The van der Waals surface area contributed by atoms with E-state index in [1.54, 1.807) is 32.0 Å². The van der Waals surface area contributed by atoms with Crippen LogP contribution in [-0.2, 0) is 20.9 Å². The summed E-state index contributed by atoms with van der Waals surface area (Å²) in [5, 5.41) is 2.81. The van der Waals surface area contributed by atoms with Crippen molar-refractivity contribution in [1.82, 2.24) is 5.32 Å². The van der Waals surface area contributed by atoms with Crippen molar-refractivity contribution >= 4 is 23.5 Å². The second kappa shape index (κ2) is 8.57. The number of hydrogen-bond acceptors (Lipinski definition) is 5. The summed E-state index contributed by atoms with van der Waals surface area (Å²) in [5.41, 5.74) is 0.454. The molecule has 0 saturated carbocycles. The second-order valence-corrected chi connectivity index (χ2v) is 7.96. The lowest BCUT2D eigenvalue weighted by molar-refractivity contribution is -0.145. The number of esters is 1. The highest BCUT2D eigenvalue weighted by molar-refractivity contribution is 6.06. The zero-order valence-electron chi connectivity index (χ0n) is 17.6. The third kappa shape index (κ3) is 4.79. The molecule has 3 rings (SSSR count). The van der Waals surface area contributed by atoms with Crippen LogP contribution in [0.2, 0.25) is 0 Å². The average molecular weight is 410 g/mol. The highest BCUT2D eigenvalue weighted by Gasteiger charge is 2.42. The molecule has 2 aromatic rings. The van der Waals surface area contributed by atoms with E-state index in [9.17, 15) is 14.4 Å². The molecule has 1 aliphatic heterocycles. The molecule has 2 amide bonds. The van der Waals surface area contributed by atoms with Gasteiger partial charge in [-0.25, -0.2) is 0 Å². The van der Waals surface area contributed by atoms with Crippen molar-refractivity contribution in [3.05, 3.63) is 59.7 Å². The van der Waals surface area contributed by atoms with Crippen LogP contribution in [0.15, 0.2) is 48.5 Å². The maximum absolute atomic E-state index is 13.0. The molecule has 0 bridgehead atoms. The van der Waals surface area contributed by atoms with Crippen LogP contribution in [0.3, 0.4) is 0 Å². The zero-order chi connectivity index (χ0) is 21.9. The topological polar surface area (TPSA) is 84.9 Å². The fraction of sp³-hybridized carbons (Fsp3) is 0.348. The summed E-state index contributed by atoms with van der Waals surface area (Å²) in [7, 11) is 0. The summed E-state index contributed by atoms with van der Waals surface area (Å²) in [6.45, 7) is 6.84. The third-order valence-electron chi connectivity index (χ3n) is 4.59. The van der Waals surface area contributed by atoms with Gasteiger partial charge in [-0.05, 0) is 51.5 Å². The van der Waals surface area contributed by atoms with Crippen molar-refractivity contribution in [3.63, 3.8) is 0 Å². The molecule has 7 nitrogen and oxygen atoms in total. The van der Waals surface area contributed by atoms with Gasteiger partial charge in [0.05, 0.1) is 5.69 Å². The van der Waals surface area contributed by atoms with E-state index in [0.717, 1.165) is 5.56 Å². The Morgan fingerprint density at radius 3 is 2.50 bits per heavy atom. The van der Waals surface area contributed by atoms with Crippen molar-refractivity contribution in [2.24, 2.45) is 0 Å². The van der Waals surface area contributed by atoms with Gasteiger partial charge < -0.3 is 14.8 Å². The van der Waals surface area contributed by atoms with E-state index in [0.29, 0.717) is 17.0 Å². The highest BCUT2D eigenvalue weighted by atomic mass is 16.5. The van der Waals surface area contributed by atoms with Crippen LogP contribution >= 0.6 is 0 Å². The summed E-state index contributed by atoms with van der Waals surface area (Å²) in [6.07, 6.45) is 0. The zero-order valence-corrected chi connectivity index (χ0v) is 17.6. The average Bonchev–Trinajstić information content (AvgIpc) is 2.69. The van der Waals surface area contributed by atoms with Gasteiger partial charge in [0.25, 0.3) is 11.8 Å². The Hall–Kier alpha value is -3.35. The minimum absolute atomic E-state index is 0.0329. The molecule has 1 N–H and O–H groups in total. The smallest absolute Gasteiger partial charge is 0.326 e. The summed E-state index contributed by atoms with van der Waals surface area (Å²) < 4.78 is 11.2. The molecule has 158 valence electrons. The number of amides is 2. The first kappa shape index (κ1) is 21.4. The number of fused-ring (bicyclic) bond motifs is 1. The first-order chi connectivity index (χ1) is 14.2. The number of ether oxygens (including phenoxy) is 2. The van der Waals surface area contributed by atoms with Crippen molar-refractivity contribution in [2.75, 3.05) is 11.4 Å². The number of carbonyl (C=O) groups excluding carboxylic acids is 3. The molecular formula is C23H26N2O5. The minimum Gasteiger partial charge on any atom is -0.476 e. The number of benzene rings is 2. The molecule has 7 heteroatoms. The Balaban J connectivity index is 1.83. The Labute approximate surface area is 176 Å². The van der Waals surface area contributed by atoms with Crippen molar-refractivity contribution in [1.29, 1.82) is 0 Å². The maximum Gasteiger partial charge on any atom is 0.326 e. The van der Waals surface area contributed by atoms with Gasteiger partial charge in [-0.3, -0.25) is 19.3 Å². The largest absolute Gasteiger partial charge is 0.476 e. The summed E-state index contributed by atoms with van der Waals surface area (Å²) in [6, 6.07) is 14.1. The molecule has 0 aliphatic carbocycles. The standard InChI is InChI=1S/C23H26N2O5/c1-15(2)24-21(27)17-10-11-19-18(12-17)25(22(28)23(3,4)30-19)13-20(26)29-14-16-8-6-5-7-9-16/h5-12,15H,13-14H2,1-4H3,(H,24,27). The molecule has 30 heavy (non-hydrogen) atoms. The molecule has 0 radical (unpaired) electrons. The molecule has 0 spiro atoms. The Kier molecular flexibility index (Phi) is 6.10. The van der Waals surface area contributed by atoms with E-state index < -0.39 is 11.6 Å². The quantitative estimate of drug-likeness (QED) is 0.740. The SMILES string of the molecule is CC(C)NC(=O)c1ccc2c(c1)N(CC(=O)OCc1ccccc1)C(=O)C(C)(C)O2. The van der Waals surface area contributed by atoms with Crippen LogP contribution in [0.5, 0.6) is 5.75 Å². The van der Waals surface area contributed by atoms with Crippen LogP contribution in [0, 0.1) is 0 Å². The Bertz CT molecular complexity index is 953. The van der Waals surface area contributed by atoms with Crippen LogP contribution in [-0.4, -0.2) is 36.0 Å². The number of nitrogens with zero attached hydrogens (tertiary/aromatic N) is 1. The van der Waals surface area contributed by atoms with E-state index in [4.69, 9.17) is 9.47 Å². The van der Waals surface area contributed by atoms with Crippen LogP contribution in [0.1, 0.15) is 43.6 Å². The van der Waals surface area contributed by atoms with Gasteiger partial charge in [-0.15, -0.1) is 0 Å². The van der Waals surface area contributed by atoms with Crippen LogP contribution < -0.4 is 15.0 Å². The van der Waals surface area contributed by atoms with E-state index in [-0.39, 0.29) is 31.0 Å². The highest BCUT2D eigenvalue weighted by Crippen LogP contribution is 2.38. The Morgan fingerprint density at radius 1 is 1.13 bits per heavy atom. The second-order valence-electron chi connectivity index (χ2n) is 7.96. The molecule has 0 unspecified atom stereocenters. The van der Waals surface area contributed by atoms with Gasteiger partial charge in [-0.1, -0.05) is 30.3 Å². The molecule has 0 aromatic heterocycles. The van der Waals surface area contributed by atoms with Crippen molar-refractivity contribution in [2.45, 2.75) is 45.9 Å². The number of nitrogens with one attached hydrogen (secondary N) is 1. The van der Waals surface area contributed by atoms with Gasteiger partial charge in [0.1, 0.15) is 18.9 Å². The van der Waals surface area contributed by atoms with Crippen LogP contribution in [0.25, 0.3) is 0 Å². The third-order valence-corrected chi connectivity index (χ3v) is 4.59. The van der Waals surface area contributed by atoms with Crippen molar-refractivity contribution in [3.8, 4) is 5.75 Å². The van der Waals surface area contributed by atoms with Gasteiger partial charge in [-0.2, -0.15) is 0 Å². The van der Waals surface area contributed by atoms with Gasteiger partial charge in [0, 0.05) is 11.6 Å². The first-order valence-corrected chi connectivity index (χ1v) is 9.83. The van der Waals surface area contributed by atoms with Crippen molar-refractivity contribution < 1.29 is 23.9 Å². The fourth-order valence-electron chi connectivity index (χ4n) is 3.12. The Morgan fingerprint density at radius 2 is 1.83 bits per heavy atom. The lowest BCUT2D eigenvalue weighted by atomic mass is 10.0. The first-order valence-electron chi connectivity index (χ1n) is 9.83. The summed E-state index contributed by atoms with van der Waals surface area (Å²) in [4.78, 5) is 39.2. The van der Waals surface area contributed by atoms with E-state index in [1.165, 1.54) is 4.90 Å². The number of rotatable bonds is 6. The summed E-state index contributed by atoms with van der Waals surface area (Å²) >= 11 is 0. The maximum atomic E-state index is 13.0. The molecule has 2 aromatic carbocycles. The molecule has 0 fully saturated rings. The molecule has 0 atom stereocenters. The van der Waals surface area contributed by atoms with E-state index in [1.807, 2.05) is 44.2 Å². The van der Waals surface area contributed by atoms with Gasteiger partial charge >= 0.3 is 5.97 Å². The predicted octanol–water partition coefficient (Wildman–Crippen LogP) is 3.07. The molecule has 1 aliphatic rings. The monoisotopic (exact) mass is 410 g/mol. The summed E-state index contributed by atoms with van der Waals surface area (Å²) in [5.74, 6) is -0.769. The number of anilines is 1. The van der Waals surface area contributed by atoms with Gasteiger partial charge in [0.2, 0.25) is 0 Å². The number of hydrogen-bond donors (Lipinski definition) is 1. The lowest BCUT2D eigenvalue weighted by Gasteiger charge is -2.38. The van der Waals surface area contributed by atoms with Crippen LogP contribution in [0.4, 0.5) is 5.69 Å². The molecule has 0 saturated heterocycles. The predicted molar refractivity (Wildman–Crippen MR) is 112 cm³/mol. The van der Waals surface area contributed by atoms with E-state index >= 15 is 0 Å². The lowest BCUT2D eigenvalue weighted by Crippen LogP contribution is -2.54. The molecule has 1 heterocycles. The normalized spacial score (nSPS) is 14.7.